The second-order valence-corrected chi connectivity index (χ2v) is 7.91. The molecule has 0 aliphatic carbocycles. The number of aryl methyl sites for hydroxylation is 2. The summed E-state index contributed by atoms with van der Waals surface area (Å²) in [5, 5.41) is 0.983. The number of rotatable bonds is 6. The number of fused-ring (bicyclic) bond motifs is 1. The van der Waals surface area contributed by atoms with E-state index in [1.807, 2.05) is 79.7 Å². The summed E-state index contributed by atoms with van der Waals surface area (Å²) in [4.78, 5) is 30.8. The monoisotopic (exact) mass is 410 g/mol. The van der Waals surface area contributed by atoms with Crippen LogP contribution in [0.15, 0.2) is 83.7 Å². The first-order valence-electron chi connectivity index (χ1n) is 10.6. The lowest BCUT2D eigenvalue weighted by Crippen LogP contribution is -2.32. The van der Waals surface area contributed by atoms with Gasteiger partial charge in [-0.1, -0.05) is 61.0 Å². The van der Waals surface area contributed by atoms with E-state index < -0.39 is 0 Å². The van der Waals surface area contributed by atoms with Gasteiger partial charge in [-0.05, 0) is 60.2 Å². The maximum Gasteiger partial charge on any atom is 0.254 e. The maximum atomic E-state index is 13.3. The Morgan fingerprint density at radius 1 is 0.871 bits per heavy atom. The van der Waals surface area contributed by atoms with Crippen molar-refractivity contribution in [1.29, 1.82) is 0 Å². The van der Waals surface area contributed by atoms with E-state index in [4.69, 9.17) is 0 Å². The van der Waals surface area contributed by atoms with Crippen LogP contribution in [0, 0.1) is 6.92 Å². The largest absolute Gasteiger partial charge is 0.330 e. The first-order valence-corrected chi connectivity index (χ1v) is 10.6. The van der Waals surface area contributed by atoms with Crippen molar-refractivity contribution in [3.05, 3.63) is 117 Å². The van der Waals surface area contributed by atoms with Crippen LogP contribution in [0.1, 0.15) is 39.5 Å². The van der Waals surface area contributed by atoms with Crippen LogP contribution < -0.4 is 5.56 Å². The smallest absolute Gasteiger partial charge is 0.254 e. The zero-order chi connectivity index (χ0) is 21.8. The van der Waals surface area contributed by atoms with Crippen LogP contribution in [-0.4, -0.2) is 15.8 Å². The molecule has 156 valence electrons. The highest BCUT2D eigenvalue weighted by molar-refractivity contribution is 5.94. The predicted octanol–water partition coefficient (Wildman–Crippen LogP) is 5.24. The van der Waals surface area contributed by atoms with Crippen molar-refractivity contribution < 1.29 is 4.79 Å². The summed E-state index contributed by atoms with van der Waals surface area (Å²) in [7, 11) is 0. The molecule has 0 saturated carbocycles. The molecule has 0 unspecified atom stereocenters. The van der Waals surface area contributed by atoms with Crippen LogP contribution in [0.3, 0.4) is 0 Å². The van der Waals surface area contributed by atoms with Crippen LogP contribution in [0.4, 0.5) is 0 Å². The lowest BCUT2D eigenvalue weighted by atomic mass is 10.1. The van der Waals surface area contributed by atoms with Crippen molar-refractivity contribution in [2.24, 2.45) is 0 Å². The second-order valence-electron chi connectivity index (χ2n) is 7.91. The molecule has 0 radical (unpaired) electrons. The number of aromatic amines is 1. The molecule has 4 rings (SSSR count). The van der Waals surface area contributed by atoms with Crippen molar-refractivity contribution in [3.63, 3.8) is 0 Å². The number of aromatic nitrogens is 1. The third-order valence-corrected chi connectivity index (χ3v) is 5.56. The molecular formula is C27H26N2O2. The van der Waals surface area contributed by atoms with Gasteiger partial charge in [0, 0.05) is 23.2 Å². The molecule has 1 N–H and O–H groups in total. The number of carbonyl (C=O) groups excluding carboxylic acids is 1. The van der Waals surface area contributed by atoms with Gasteiger partial charge in [-0.15, -0.1) is 0 Å². The Morgan fingerprint density at radius 2 is 1.58 bits per heavy atom. The number of benzene rings is 3. The van der Waals surface area contributed by atoms with Gasteiger partial charge in [-0.25, -0.2) is 0 Å². The number of H-pyrrole nitrogens is 1. The van der Waals surface area contributed by atoms with Gasteiger partial charge in [-0.2, -0.15) is 0 Å². The average Bonchev–Trinajstić information content (AvgIpc) is 2.80. The topological polar surface area (TPSA) is 53.2 Å². The average molecular weight is 411 g/mol. The van der Waals surface area contributed by atoms with Gasteiger partial charge in [0.05, 0.1) is 6.54 Å². The Morgan fingerprint density at radius 3 is 2.29 bits per heavy atom. The lowest BCUT2D eigenvalue weighted by molar-refractivity contribution is 0.0729. The number of carbonyl (C=O) groups is 1. The summed E-state index contributed by atoms with van der Waals surface area (Å²) in [6, 6.07) is 25.3. The van der Waals surface area contributed by atoms with E-state index in [1.54, 1.807) is 4.90 Å². The molecule has 3 aromatic carbocycles. The molecular weight excluding hydrogens is 384 g/mol. The Bertz CT molecular complexity index is 1260. The Labute approximate surface area is 182 Å². The van der Waals surface area contributed by atoms with Crippen LogP contribution in [0.2, 0.25) is 0 Å². The van der Waals surface area contributed by atoms with E-state index >= 15 is 0 Å². The summed E-state index contributed by atoms with van der Waals surface area (Å²) in [5.74, 6) is -0.0945. The number of hydrogen-bond acceptors (Lipinski definition) is 2. The van der Waals surface area contributed by atoms with E-state index in [-0.39, 0.29) is 18.0 Å². The van der Waals surface area contributed by atoms with Gasteiger partial charge < -0.3 is 9.88 Å². The fourth-order valence-corrected chi connectivity index (χ4v) is 3.72. The molecule has 0 fully saturated rings. The van der Waals surface area contributed by atoms with E-state index in [1.165, 1.54) is 11.1 Å². The van der Waals surface area contributed by atoms with Gasteiger partial charge in [0.15, 0.2) is 0 Å². The maximum absolute atomic E-state index is 13.3. The molecule has 0 aliphatic heterocycles. The molecule has 0 atom stereocenters. The second kappa shape index (κ2) is 9.00. The molecule has 4 nitrogen and oxygen atoms in total. The van der Waals surface area contributed by atoms with E-state index in [0.29, 0.717) is 17.7 Å². The number of nitrogens with zero attached hydrogens (tertiary/aromatic N) is 1. The van der Waals surface area contributed by atoms with Gasteiger partial charge in [-0.3, -0.25) is 9.59 Å². The van der Waals surface area contributed by atoms with Crippen LogP contribution in [0.25, 0.3) is 10.9 Å². The number of amides is 1. The minimum atomic E-state index is -0.161. The molecule has 31 heavy (non-hydrogen) atoms. The molecule has 4 heteroatoms. The normalized spacial score (nSPS) is 10.9. The van der Waals surface area contributed by atoms with Crippen LogP contribution in [0.5, 0.6) is 0 Å². The summed E-state index contributed by atoms with van der Waals surface area (Å²) in [6.07, 6.45) is 0.927. The van der Waals surface area contributed by atoms with Crippen LogP contribution in [-0.2, 0) is 19.5 Å². The van der Waals surface area contributed by atoms with Crippen molar-refractivity contribution >= 4 is 16.8 Å². The fourth-order valence-electron chi connectivity index (χ4n) is 3.72. The quantitative estimate of drug-likeness (QED) is 0.472. The third-order valence-electron chi connectivity index (χ3n) is 5.56. The van der Waals surface area contributed by atoms with E-state index in [9.17, 15) is 9.59 Å². The molecule has 1 aromatic heterocycles. The van der Waals surface area contributed by atoms with Crippen molar-refractivity contribution in [3.8, 4) is 0 Å². The van der Waals surface area contributed by atoms with Gasteiger partial charge >= 0.3 is 0 Å². The molecule has 0 bridgehead atoms. The standard InChI is InChI=1S/C27H26N2O2/c1-3-20-13-14-25-23(15-20)16-24(26(30)28-25)18-29(17-21-11-9-19(2)10-12-21)27(31)22-7-5-4-6-8-22/h4-16H,3,17-18H2,1-2H3,(H,28,30). The van der Waals surface area contributed by atoms with E-state index in [0.717, 1.165) is 22.9 Å². The van der Waals surface area contributed by atoms with Gasteiger partial charge in [0.2, 0.25) is 0 Å². The summed E-state index contributed by atoms with van der Waals surface area (Å²) in [6.45, 7) is 4.81. The molecule has 1 heterocycles. The number of pyridine rings is 1. The fraction of sp³-hybridized carbons (Fsp3) is 0.185. The predicted molar refractivity (Wildman–Crippen MR) is 125 cm³/mol. The Balaban J connectivity index is 1.71. The van der Waals surface area contributed by atoms with Crippen molar-refractivity contribution in [2.45, 2.75) is 33.4 Å². The van der Waals surface area contributed by atoms with E-state index in [2.05, 4.69) is 18.0 Å². The molecule has 4 aromatic rings. The molecule has 1 amide bonds. The van der Waals surface area contributed by atoms with Crippen molar-refractivity contribution in [1.82, 2.24) is 9.88 Å². The minimum Gasteiger partial charge on any atom is -0.330 e. The Kier molecular flexibility index (Phi) is 5.99. The van der Waals surface area contributed by atoms with Gasteiger partial charge in [0.25, 0.3) is 11.5 Å². The zero-order valence-electron chi connectivity index (χ0n) is 17.9. The molecule has 0 aliphatic rings. The molecule has 0 spiro atoms. The SMILES string of the molecule is CCc1ccc2[nH]c(=O)c(CN(Cc3ccc(C)cc3)C(=O)c3ccccc3)cc2c1. The molecule has 0 saturated heterocycles. The highest BCUT2D eigenvalue weighted by Gasteiger charge is 2.18. The summed E-state index contributed by atoms with van der Waals surface area (Å²) >= 11 is 0. The lowest BCUT2D eigenvalue weighted by Gasteiger charge is -2.23. The highest BCUT2D eigenvalue weighted by Crippen LogP contribution is 2.18. The van der Waals surface area contributed by atoms with Gasteiger partial charge in [0.1, 0.15) is 0 Å². The Hall–Kier alpha value is -3.66. The first-order chi connectivity index (χ1) is 15.0. The third kappa shape index (κ3) is 4.75. The first kappa shape index (κ1) is 20.6. The van der Waals surface area contributed by atoms with Crippen molar-refractivity contribution in [2.75, 3.05) is 0 Å². The summed E-state index contributed by atoms with van der Waals surface area (Å²) in [5.41, 5.74) is 5.25. The highest BCUT2D eigenvalue weighted by atomic mass is 16.2. The zero-order valence-corrected chi connectivity index (χ0v) is 17.9. The number of nitrogens with one attached hydrogen (secondary N) is 1. The van der Waals surface area contributed by atoms with Crippen LogP contribution >= 0.6 is 0 Å². The minimum absolute atomic E-state index is 0.0945. The number of hydrogen-bond donors (Lipinski definition) is 1. The summed E-state index contributed by atoms with van der Waals surface area (Å²) < 4.78 is 0.